The molecule has 13 heavy (non-hydrogen) atoms. The van der Waals surface area contributed by atoms with Crippen LogP contribution in [0.25, 0.3) is 0 Å². The Labute approximate surface area is 78.9 Å². The van der Waals surface area contributed by atoms with Crippen LogP contribution in [0.1, 0.15) is 6.92 Å². The Balaban J connectivity index is 2.65. The zero-order valence-electron chi connectivity index (χ0n) is 7.87. The van der Waals surface area contributed by atoms with Crippen molar-refractivity contribution in [3.05, 3.63) is 24.3 Å². The lowest BCUT2D eigenvalue weighted by atomic mass is 10.2. The number of hydrogen-bond donors (Lipinski definition) is 1. The predicted octanol–water partition coefficient (Wildman–Crippen LogP) is 2.13. The van der Waals surface area contributed by atoms with Crippen molar-refractivity contribution in [2.24, 2.45) is 0 Å². The molecule has 0 heterocycles. The Morgan fingerprint density at radius 3 is 2.46 bits per heavy atom. The van der Waals surface area contributed by atoms with Gasteiger partial charge in [-0.25, -0.2) is 0 Å². The van der Waals surface area contributed by atoms with E-state index in [0.717, 1.165) is 11.4 Å². The topological polar surface area (TPSA) is 21.3 Å². The van der Waals surface area contributed by atoms with Gasteiger partial charge in [0.15, 0.2) is 0 Å². The average molecular weight is 175 g/mol. The van der Waals surface area contributed by atoms with Gasteiger partial charge in [-0.2, -0.15) is 0 Å². The van der Waals surface area contributed by atoms with Gasteiger partial charge >= 0.3 is 0 Å². The van der Waals surface area contributed by atoms with E-state index in [0.29, 0.717) is 0 Å². The van der Waals surface area contributed by atoms with Gasteiger partial charge in [-0.3, -0.25) is 0 Å². The van der Waals surface area contributed by atoms with Crippen LogP contribution in [0, 0.1) is 12.3 Å². The molecule has 0 saturated carbocycles. The average Bonchev–Trinajstić information content (AvgIpc) is 2.19. The molecule has 0 unspecified atom stereocenters. The maximum atomic E-state index is 5.24. The molecule has 68 valence electrons. The minimum absolute atomic E-state index is 0.0494. The largest absolute Gasteiger partial charge is 0.497 e. The monoisotopic (exact) mass is 175 g/mol. The quantitative estimate of drug-likeness (QED) is 0.710. The van der Waals surface area contributed by atoms with Gasteiger partial charge < -0.3 is 10.1 Å². The van der Waals surface area contributed by atoms with Gasteiger partial charge in [-0.1, -0.05) is 5.92 Å². The fourth-order valence-corrected chi connectivity index (χ4v) is 0.979. The van der Waals surface area contributed by atoms with Crippen molar-refractivity contribution >= 4 is 5.69 Å². The molecule has 1 aromatic carbocycles. The molecular formula is C11H13NO. The van der Waals surface area contributed by atoms with Crippen LogP contribution >= 0.6 is 0 Å². The minimum atomic E-state index is 0.0494. The molecule has 0 aromatic heterocycles. The smallest absolute Gasteiger partial charge is 0.119 e. The SMILES string of the molecule is C#C[C@@H](C)Nc1ccc(OC)cc1. The molecule has 0 radical (unpaired) electrons. The molecule has 1 rings (SSSR count). The van der Waals surface area contributed by atoms with Gasteiger partial charge in [0.25, 0.3) is 0 Å². The summed E-state index contributed by atoms with van der Waals surface area (Å²) in [6.45, 7) is 1.93. The summed E-state index contributed by atoms with van der Waals surface area (Å²) < 4.78 is 5.03. The summed E-state index contributed by atoms with van der Waals surface area (Å²) >= 11 is 0. The van der Waals surface area contributed by atoms with Crippen LogP contribution in [0.4, 0.5) is 5.69 Å². The summed E-state index contributed by atoms with van der Waals surface area (Å²) in [5.74, 6) is 3.45. The zero-order chi connectivity index (χ0) is 9.68. The molecule has 1 N–H and O–H groups in total. The standard InChI is InChI=1S/C11H13NO/c1-4-9(2)12-10-5-7-11(13-3)8-6-10/h1,5-9,12H,2-3H3/t9-/m1/s1. The lowest BCUT2D eigenvalue weighted by Crippen LogP contribution is -2.11. The number of anilines is 1. The molecule has 1 atom stereocenters. The Kier molecular flexibility index (Phi) is 3.22. The summed E-state index contributed by atoms with van der Waals surface area (Å²) in [5, 5.41) is 3.15. The van der Waals surface area contributed by atoms with Crippen molar-refractivity contribution in [2.75, 3.05) is 12.4 Å². The van der Waals surface area contributed by atoms with Gasteiger partial charge in [0.1, 0.15) is 5.75 Å². The Morgan fingerprint density at radius 2 is 2.00 bits per heavy atom. The van der Waals surface area contributed by atoms with E-state index in [9.17, 15) is 0 Å². The molecule has 0 spiro atoms. The summed E-state index contributed by atoms with van der Waals surface area (Å²) in [6.07, 6.45) is 5.24. The lowest BCUT2D eigenvalue weighted by molar-refractivity contribution is 0.415. The van der Waals surface area contributed by atoms with Gasteiger partial charge in [-0.05, 0) is 31.2 Å². The molecule has 0 bridgehead atoms. The highest BCUT2D eigenvalue weighted by Gasteiger charge is 1.96. The first-order valence-corrected chi connectivity index (χ1v) is 4.13. The lowest BCUT2D eigenvalue weighted by Gasteiger charge is -2.09. The number of hydrogen-bond acceptors (Lipinski definition) is 2. The van der Waals surface area contributed by atoms with E-state index in [1.54, 1.807) is 7.11 Å². The number of rotatable bonds is 3. The van der Waals surface area contributed by atoms with E-state index in [4.69, 9.17) is 11.2 Å². The van der Waals surface area contributed by atoms with E-state index < -0.39 is 0 Å². The van der Waals surface area contributed by atoms with E-state index in [2.05, 4.69) is 11.2 Å². The third kappa shape index (κ3) is 2.72. The van der Waals surface area contributed by atoms with Crippen molar-refractivity contribution in [3.63, 3.8) is 0 Å². The van der Waals surface area contributed by atoms with Crippen LogP contribution < -0.4 is 10.1 Å². The van der Waals surface area contributed by atoms with Crippen molar-refractivity contribution in [3.8, 4) is 18.1 Å². The summed E-state index contributed by atoms with van der Waals surface area (Å²) in [6, 6.07) is 7.71. The van der Waals surface area contributed by atoms with Crippen LogP contribution in [-0.2, 0) is 0 Å². The highest BCUT2D eigenvalue weighted by Crippen LogP contribution is 2.15. The van der Waals surface area contributed by atoms with E-state index >= 15 is 0 Å². The molecule has 2 heteroatoms. The van der Waals surface area contributed by atoms with Gasteiger partial charge in [0, 0.05) is 5.69 Å². The predicted molar refractivity (Wildman–Crippen MR) is 54.9 cm³/mol. The highest BCUT2D eigenvalue weighted by molar-refractivity contribution is 5.48. The second kappa shape index (κ2) is 4.42. The first kappa shape index (κ1) is 9.47. The maximum Gasteiger partial charge on any atom is 0.119 e. The van der Waals surface area contributed by atoms with Crippen LogP contribution in [0.3, 0.4) is 0 Å². The van der Waals surface area contributed by atoms with Gasteiger partial charge in [0.2, 0.25) is 0 Å². The number of terminal acetylenes is 1. The van der Waals surface area contributed by atoms with E-state index in [1.807, 2.05) is 31.2 Å². The molecule has 1 aromatic rings. The van der Waals surface area contributed by atoms with Crippen molar-refractivity contribution in [2.45, 2.75) is 13.0 Å². The molecule has 0 aliphatic heterocycles. The fourth-order valence-electron chi connectivity index (χ4n) is 0.979. The number of nitrogens with one attached hydrogen (secondary N) is 1. The van der Waals surface area contributed by atoms with Crippen molar-refractivity contribution in [1.82, 2.24) is 0 Å². The van der Waals surface area contributed by atoms with E-state index in [-0.39, 0.29) is 6.04 Å². The Bertz CT molecular complexity index is 297. The first-order valence-electron chi connectivity index (χ1n) is 4.13. The molecule has 2 nitrogen and oxygen atoms in total. The van der Waals surface area contributed by atoms with Crippen LogP contribution in [0.15, 0.2) is 24.3 Å². The number of benzene rings is 1. The second-order valence-electron chi connectivity index (χ2n) is 2.76. The third-order valence-corrected chi connectivity index (χ3v) is 1.72. The summed E-state index contributed by atoms with van der Waals surface area (Å²) in [5.41, 5.74) is 1.01. The molecule has 0 amide bonds. The van der Waals surface area contributed by atoms with Crippen LogP contribution in [0.2, 0.25) is 0 Å². The van der Waals surface area contributed by atoms with Crippen molar-refractivity contribution < 1.29 is 4.74 Å². The van der Waals surface area contributed by atoms with Crippen LogP contribution in [-0.4, -0.2) is 13.2 Å². The molecule has 0 aliphatic carbocycles. The first-order chi connectivity index (χ1) is 6.26. The maximum absolute atomic E-state index is 5.24. The summed E-state index contributed by atoms with van der Waals surface area (Å²) in [7, 11) is 1.65. The zero-order valence-corrected chi connectivity index (χ0v) is 7.87. The molecule has 0 fully saturated rings. The molecular weight excluding hydrogens is 162 g/mol. The molecule has 0 aliphatic rings. The van der Waals surface area contributed by atoms with E-state index in [1.165, 1.54) is 0 Å². The second-order valence-corrected chi connectivity index (χ2v) is 2.76. The normalized spacial score (nSPS) is 11.5. The van der Waals surface area contributed by atoms with Gasteiger partial charge in [0.05, 0.1) is 13.2 Å². The van der Waals surface area contributed by atoms with Crippen LogP contribution in [0.5, 0.6) is 5.75 Å². The third-order valence-electron chi connectivity index (χ3n) is 1.72. The van der Waals surface area contributed by atoms with Gasteiger partial charge in [-0.15, -0.1) is 6.42 Å². The highest BCUT2D eigenvalue weighted by atomic mass is 16.5. The summed E-state index contributed by atoms with van der Waals surface area (Å²) in [4.78, 5) is 0. The minimum Gasteiger partial charge on any atom is -0.497 e. The number of methoxy groups -OCH3 is 1. The number of ether oxygens (including phenoxy) is 1. The Morgan fingerprint density at radius 1 is 1.38 bits per heavy atom. The fraction of sp³-hybridized carbons (Fsp3) is 0.273. The Hall–Kier alpha value is -1.62. The van der Waals surface area contributed by atoms with Crippen molar-refractivity contribution in [1.29, 1.82) is 0 Å². The molecule has 0 saturated heterocycles.